The molecule has 0 fully saturated rings. The van der Waals surface area contributed by atoms with Crippen LogP contribution in [0.1, 0.15) is 30.6 Å². The van der Waals surface area contributed by atoms with Gasteiger partial charge in [0.1, 0.15) is 0 Å². The summed E-state index contributed by atoms with van der Waals surface area (Å²) in [4.78, 5) is 23.8. The Morgan fingerprint density at radius 2 is 1.79 bits per heavy atom. The molecule has 0 heterocycles. The van der Waals surface area contributed by atoms with Crippen LogP contribution < -0.4 is 5.32 Å². The largest absolute Gasteiger partial charge is 0.342 e. The number of hydrogen-bond acceptors (Lipinski definition) is 2. The fourth-order valence-electron chi connectivity index (χ4n) is 2.08. The third kappa shape index (κ3) is 2.81. The first-order valence-corrected chi connectivity index (χ1v) is 6.44. The normalized spacial score (nSPS) is 12.1. The molecule has 3 heteroatoms. The van der Waals surface area contributed by atoms with Crippen molar-refractivity contribution in [3.63, 3.8) is 0 Å². The third-order valence-electron chi connectivity index (χ3n) is 3.21. The van der Waals surface area contributed by atoms with E-state index in [0.29, 0.717) is 12.0 Å². The number of rotatable bonds is 4. The minimum atomic E-state index is -0.448. The molecular formula is C16H17NO2. The minimum absolute atomic E-state index is 0.0357. The van der Waals surface area contributed by atoms with E-state index >= 15 is 0 Å². The Morgan fingerprint density at radius 3 is 2.53 bits per heavy atom. The summed E-state index contributed by atoms with van der Waals surface area (Å²) >= 11 is 0. The molecule has 0 saturated heterocycles. The van der Waals surface area contributed by atoms with Crippen molar-refractivity contribution >= 4 is 22.5 Å². The van der Waals surface area contributed by atoms with Crippen LogP contribution in [0.15, 0.2) is 42.5 Å². The molecule has 0 saturated carbocycles. The summed E-state index contributed by atoms with van der Waals surface area (Å²) in [7, 11) is 0. The van der Waals surface area contributed by atoms with Crippen molar-refractivity contribution in [3.05, 3.63) is 48.0 Å². The van der Waals surface area contributed by atoms with Crippen molar-refractivity contribution in [2.45, 2.75) is 26.3 Å². The van der Waals surface area contributed by atoms with E-state index in [0.717, 1.165) is 10.8 Å². The van der Waals surface area contributed by atoms with Gasteiger partial charge in [0.05, 0.1) is 6.04 Å². The Kier molecular flexibility index (Phi) is 3.95. The molecule has 0 aromatic heterocycles. The van der Waals surface area contributed by atoms with Gasteiger partial charge in [-0.3, -0.25) is 9.59 Å². The van der Waals surface area contributed by atoms with Gasteiger partial charge in [-0.2, -0.15) is 0 Å². The van der Waals surface area contributed by atoms with E-state index < -0.39 is 6.04 Å². The molecule has 98 valence electrons. The average molecular weight is 255 g/mol. The summed E-state index contributed by atoms with van der Waals surface area (Å²) in [5, 5.41) is 4.67. The van der Waals surface area contributed by atoms with Crippen LogP contribution >= 0.6 is 0 Å². The molecule has 0 spiro atoms. The van der Waals surface area contributed by atoms with E-state index in [1.807, 2.05) is 36.4 Å². The lowest BCUT2D eigenvalue weighted by molar-refractivity contribution is -0.120. The zero-order chi connectivity index (χ0) is 13.8. The first-order chi connectivity index (χ1) is 9.13. The van der Waals surface area contributed by atoms with E-state index in [4.69, 9.17) is 0 Å². The number of benzene rings is 2. The zero-order valence-corrected chi connectivity index (χ0v) is 11.1. The molecular weight excluding hydrogens is 238 g/mol. The molecule has 1 unspecified atom stereocenters. The quantitative estimate of drug-likeness (QED) is 0.913. The van der Waals surface area contributed by atoms with Crippen LogP contribution in [0.25, 0.3) is 10.8 Å². The molecule has 0 aliphatic heterocycles. The second-order valence-corrected chi connectivity index (χ2v) is 4.54. The molecule has 2 aromatic carbocycles. The van der Waals surface area contributed by atoms with Gasteiger partial charge < -0.3 is 5.32 Å². The van der Waals surface area contributed by atoms with E-state index in [9.17, 15) is 9.59 Å². The van der Waals surface area contributed by atoms with Crippen LogP contribution in [0, 0.1) is 0 Å². The monoisotopic (exact) mass is 255 g/mol. The van der Waals surface area contributed by atoms with E-state index in [1.165, 1.54) is 0 Å². The standard InChI is InChI=1S/C16H17NO2/c1-3-15(18)11(2)17-16(19)14-10-6-8-12-7-4-5-9-13(12)14/h4-11H,3H2,1-2H3,(H,17,19). The molecule has 1 amide bonds. The number of hydrogen-bond donors (Lipinski definition) is 1. The van der Waals surface area contributed by atoms with Gasteiger partial charge in [0.2, 0.25) is 0 Å². The van der Waals surface area contributed by atoms with Gasteiger partial charge >= 0.3 is 0 Å². The maximum atomic E-state index is 12.2. The highest BCUT2D eigenvalue weighted by atomic mass is 16.2. The van der Waals surface area contributed by atoms with Gasteiger partial charge in [-0.1, -0.05) is 43.3 Å². The molecule has 2 aromatic rings. The predicted octanol–water partition coefficient (Wildman–Crippen LogP) is 2.94. The number of carbonyl (C=O) groups excluding carboxylic acids is 2. The van der Waals surface area contributed by atoms with Gasteiger partial charge in [0.15, 0.2) is 5.78 Å². The maximum Gasteiger partial charge on any atom is 0.252 e. The first kappa shape index (κ1) is 13.3. The fourth-order valence-corrected chi connectivity index (χ4v) is 2.08. The number of fused-ring (bicyclic) bond motifs is 1. The number of carbonyl (C=O) groups is 2. The predicted molar refractivity (Wildman–Crippen MR) is 76.2 cm³/mol. The number of nitrogens with one attached hydrogen (secondary N) is 1. The summed E-state index contributed by atoms with van der Waals surface area (Å²) < 4.78 is 0. The number of amides is 1. The Balaban J connectivity index is 2.29. The van der Waals surface area contributed by atoms with Crippen LogP contribution in [-0.2, 0) is 4.79 Å². The average Bonchev–Trinajstić information content (AvgIpc) is 2.45. The van der Waals surface area contributed by atoms with E-state index in [1.54, 1.807) is 19.9 Å². The highest BCUT2D eigenvalue weighted by Crippen LogP contribution is 2.18. The molecule has 2 rings (SSSR count). The smallest absolute Gasteiger partial charge is 0.252 e. The topological polar surface area (TPSA) is 46.2 Å². The fraction of sp³-hybridized carbons (Fsp3) is 0.250. The number of Topliss-reactive ketones (excluding diaryl/α,β-unsaturated/α-hetero) is 1. The third-order valence-corrected chi connectivity index (χ3v) is 3.21. The lowest BCUT2D eigenvalue weighted by Gasteiger charge is -2.13. The van der Waals surface area contributed by atoms with Crippen molar-refractivity contribution in [3.8, 4) is 0 Å². The first-order valence-electron chi connectivity index (χ1n) is 6.44. The Morgan fingerprint density at radius 1 is 1.11 bits per heavy atom. The molecule has 0 aliphatic carbocycles. The van der Waals surface area contributed by atoms with E-state index in [2.05, 4.69) is 5.32 Å². The molecule has 0 aliphatic rings. The van der Waals surface area contributed by atoms with Crippen molar-refractivity contribution < 1.29 is 9.59 Å². The van der Waals surface area contributed by atoms with Gasteiger partial charge in [-0.25, -0.2) is 0 Å². The molecule has 0 radical (unpaired) electrons. The van der Waals surface area contributed by atoms with Crippen molar-refractivity contribution in [2.24, 2.45) is 0 Å². The SMILES string of the molecule is CCC(=O)C(C)NC(=O)c1cccc2ccccc12. The summed E-state index contributed by atoms with van der Waals surface area (Å²) in [6.45, 7) is 3.51. The highest BCUT2D eigenvalue weighted by Gasteiger charge is 2.16. The molecule has 3 nitrogen and oxygen atoms in total. The molecule has 0 bridgehead atoms. The molecule has 1 N–H and O–H groups in total. The summed E-state index contributed by atoms with van der Waals surface area (Å²) in [6, 6.07) is 12.9. The van der Waals surface area contributed by atoms with Crippen LogP contribution in [0.5, 0.6) is 0 Å². The second-order valence-electron chi connectivity index (χ2n) is 4.54. The van der Waals surface area contributed by atoms with Gasteiger partial charge in [0.25, 0.3) is 5.91 Å². The lowest BCUT2D eigenvalue weighted by Crippen LogP contribution is -2.38. The summed E-state index contributed by atoms with van der Waals surface area (Å²) in [5.74, 6) is -0.167. The summed E-state index contributed by atoms with van der Waals surface area (Å²) in [6.07, 6.45) is 0.428. The minimum Gasteiger partial charge on any atom is -0.342 e. The molecule has 1 atom stereocenters. The Bertz CT molecular complexity index is 614. The van der Waals surface area contributed by atoms with Crippen LogP contribution in [0.4, 0.5) is 0 Å². The number of ketones is 1. The zero-order valence-electron chi connectivity index (χ0n) is 11.1. The Labute approximate surface area is 112 Å². The highest BCUT2D eigenvalue weighted by molar-refractivity contribution is 6.08. The lowest BCUT2D eigenvalue weighted by atomic mass is 10.0. The van der Waals surface area contributed by atoms with Gasteiger partial charge in [-0.15, -0.1) is 0 Å². The summed E-state index contributed by atoms with van der Waals surface area (Å²) in [5.41, 5.74) is 0.605. The Hall–Kier alpha value is -2.16. The maximum absolute atomic E-state index is 12.2. The second kappa shape index (κ2) is 5.65. The van der Waals surface area contributed by atoms with Crippen LogP contribution in [0.3, 0.4) is 0 Å². The van der Waals surface area contributed by atoms with Crippen molar-refractivity contribution in [2.75, 3.05) is 0 Å². The van der Waals surface area contributed by atoms with Crippen molar-refractivity contribution in [1.82, 2.24) is 5.32 Å². The molecule has 19 heavy (non-hydrogen) atoms. The van der Waals surface area contributed by atoms with Crippen LogP contribution in [-0.4, -0.2) is 17.7 Å². The van der Waals surface area contributed by atoms with Crippen LogP contribution in [0.2, 0.25) is 0 Å². The van der Waals surface area contributed by atoms with Gasteiger partial charge in [0, 0.05) is 12.0 Å². The van der Waals surface area contributed by atoms with Crippen molar-refractivity contribution in [1.29, 1.82) is 0 Å². The van der Waals surface area contributed by atoms with E-state index in [-0.39, 0.29) is 11.7 Å². The van der Waals surface area contributed by atoms with Gasteiger partial charge in [-0.05, 0) is 23.8 Å².